The highest BCUT2D eigenvalue weighted by molar-refractivity contribution is 5.12. The van der Waals surface area contributed by atoms with Gasteiger partial charge < -0.3 is 76.6 Å². The van der Waals surface area contributed by atoms with Crippen molar-refractivity contribution >= 4 is 0 Å². The minimum atomic E-state index is -5.36. The summed E-state index contributed by atoms with van der Waals surface area (Å²) >= 11 is 0. The van der Waals surface area contributed by atoms with Crippen molar-refractivity contribution in [2.24, 2.45) is 10.8 Å². The van der Waals surface area contributed by atoms with Crippen LogP contribution in [0.4, 0.5) is 0 Å². The third kappa shape index (κ3) is 2.82. The first kappa shape index (κ1) is 22.4. The van der Waals surface area contributed by atoms with E-state index in [1.165, 1.54) is 0 Å². The third-order valence-corrected chi connectivity index (χ3v) is 3.60. The first-order valence-corrected chi connectivity index (χ1v) is 5.35. The largest absolute Gasteiger partial charge is 0.343 e. The molecule has 140 valence electrons. The van der Waals surface area contributed by atoms with Gasteiger partial charge in [-0.05, 0) is 6.92 Å². The average Bonchev–Trinajstić information content (AvgIpc) is 2.05. The molecule has 0 radical (unpaired) electrons. The van der Waals surface area contributed by atoms with Crippen molar-refractivity contribution in [3.05, 3.63) is 0 Å². The van der Waals surface area contributed by atoms with E-state index in [1.54, 1.807) is 0 Å². The van der Waals surface area contributed by atoms with Crippen LogP contribution in [0.25, 0.3) is 0 Å². The molecule has 0 fully saturated rings. The molecule has 0 amide bonds. The summed E-state index contributed by atoms with van der Waals surface area (Å²) in [6.45, 7) is -0.362. The van der Waals surface area contributed by atoms with E-state index < -0.39 is 40.7 Å². The van der Waals surface area contributed by atoms with E-state index in [9.17, 15) is 0 Å². The predicted molar refractivity (Wildman–Crippen MR) is 57.5 cm³/mol. The van der Waals surface area contributed by atoms with Gasteiger partial charge in [-0.2, -0.15) is 0 Å². The minimum absolute atomic E-state index is 0.362. The Kier molecular flexibility index (Phi) is 5.06. The minimum Gasteiger partial charge on any atom is -0.343 e. The van der Waals surface area contributed by atoms with Gasteiger partial charge in [0.2, 0.25) is 5.41 Å². The summed E-state index contributed by atoms with van der Waals surface area (Å²) in [5, 5.41) is 137. The van der Waals surface area contributed by atoms with Gasteiger partial charge in [-0.25, -0.2) is 0 Å². The fourth-order valence-electron chi connectivity index (χ4n) is 2.41. The Balaban J connectivity index is 7.46. The van der Waals surface area contributed by atoms with E-state index in [0.717, 1.165) is 0 Å². The molecule has 0 heterocycles. The smallest absolute Gasteiger partial charge is 0.298 e. The second-order valence-electron chi connectivity index (χ2n) is 5.05. The Morgan fingerprint density at radius 3 is 0.565 bits per heavy atom. The van der Waals surface area contributed by atoms with Crippen molar-refractivity contribution in [1.82, 2.24) is 0 Å². The Bertz CT molecular complexity index is 373. The van der Waals surface area contributed by atoms with Crippen LogP contribution in [0, 0.1) is 10.8 Å². The van der Waals surface area contributed by atoms with Crippen LogP contribution in [-0.2, 0) is 0 Å². The topological polar surface area (TPSA) is 303 Å². The lowest BCUT2D eigenvalue weighted by Gasteiger charge is -2.60. The zero-order valence-corrected chi connectivity index (χ0v) is 11.2. The first-order chi connectivity index (χ1) is 9.50. The highest BCUT2D eigenvalue weighted by Gasteiger charge is 2.90. The van der Waals surface area contributed by atoms with Gasteiger partial charge in [0.25, 0.3) is 29.9 Å². The van der Waals surface area contributed by atoms with Crippen molar-refractivity contribution in [2.45, 2.75) is 36.8 Å². The van der Waals surface area contributed by atoms with E-state index in [0.29, 0.717) is 0 Å². The molecule has 0 aliphatic rings. The lowest BCUT2D eigenvalue weighted by molar-refractivity contribution is -0.639. The molecule has 0 bridgehead atoms. The standard InChI is InChI=1S/C8H18O15/c1-2(4(9,10)11,5(12,13)14)3(6(15,16)17,7(18,19)20)8(21,22)23/h9-23H,1H3. The number of rotatable bonds is 6. The molecule has 0 rings (SSSR count). The van der Waals surface area contributed by atoms with Crippen LogP contribution in [0.3, 0.4) is 0 Å². The van der Waals surface area contributed by atoms with Gasteiger partial charge in [0, 0.05) is 0 Å². The summed E-state index contributed by atoms with van der Waals surface area (Å²) in [5.74, 6) is -25.8. The molecule has 0 saturated heterocycles. The van der Waals surface area contributed by atoms with E-state index >= 15 is 0 Å². The van der Waals surface area contributed by atoms with Crippen molar-refractivity contribution in [2.75, 3.05) is 0 Å². The van der Waals surface area contributed by atoms with Crippen molar-refractivity contribution in [3.63, 3.8) is 0 Å². The van der Waals surface area contributed by atoms with Crippen molar-refractivity contribution in [1.29, 1.82) is 0 Å². The van der Waals surface area contributed by atoms with Crippen molar-refractivity contribution in [3.8, 4) is 0 Å². The maximum Gasteiger partial charge on any atom is 0.298 e. The van der Waals surface area contributed by atoms with Gasteiger partial charge in [0.1, 0.15) is 0 Å². The number of hydrogen-bond donors (Lipinski definition) is 15. The molecule has 0 aromatic carbocycles. The van der Waals surface area contributed by atoms with Gasteiger partial charge in [0.05, 0.1) is 0 Å². The lowest BCUT2D eigenvalue weighted by atomic mass is 9.55. The van der Waals surface area contributed by atoms with Gasteiger partial charge >= 0.3 is 0 Å². The Labute approximate surface area is 125 Å². The Morgan fingerprint density at radius 1 is 0.348 bits per heavy atom. The molecule has 0 aliphatic carbocycles. The molecule has 15 nitrogen and oxygen atoms in total. The van der Waals surface area contributed by atoms with Crippen LogP contribution in [-0.4, -0.2) is 106 Å². The Morgan fingerprint density at radius 2 is 0.522 bits per heavy atom. The monoisotopic (exact) mass is 354 g/mol. The van der Waals surface area contributed by atoms with Crippen LogP contribution in [0.5, 0.6) is 0 Å². The van der Waals surface area contributed by atoms with Gasteiger partial charge in [-0.3, -0.25) is 0 Å². The van der Waals surface area contributed by atoms with Gasteiger partial charge in [0.15, 0.2) is 5.41 Å². The van der Waals surface area contributed by atoms with Crippen LogP contribution in [0.2, 0.25) is 0 Å². The molecule has 0 spiro atoms. The summed E-state index contributed by atoms with van der Waals surface area (Å²) in [5.41, 5.74) is -10.1. The van der Waals surface area contributed by atoms with E-state index in [2.05, 4.69) is 0 Å². The molecule has 23 heavy (non-hydrogen) atoms. The molecule has 15 heteroatoms. The number of hydrogen-bond acceptors (Lipinski definition) is 15. The van der Waals surface area contributed by atoms with E-state index in [-0.39, 0.29) is 6.92 Å². The molecule has 15 N–H and O–H groups in total. The molecule has 0 atom stereocenters. The summed E-state index contributed by atoms with van der Waals surface area (Å²) in [6, 6.07) is 0. The molecule has 0 aromatic rings. The molecular formula is C8H18O15. The highest BCUT2D eigenvalue weighted by atomic mass is 16.8. The van der Waals surface area contributed by atoms with Crippen LogP contribution >= 0.6 is 0 Å². The fraction of sp³-hybridized carbons (Fsp3) is 1.00. The molecule has 0 aliphatic heterocycles. The quantitative estimate of drug-likeness (QED) is 0.197. The summed E-state index contributed by atoms with van der Waals surface area (Å²) in [4.78, 5) is 0. The normalized spacial score (nSPS) is 16.7. The predicted octanol–water partition coefficient (Wildman–Crippen LogP) is -8.87. The summed E-state index contributed by atoms with van der Waals surface area (Å²) < 4.78 is 0. The summed E-state index contributed by atoms with van der Waals surface area (Å²) in [6.07, 6.45) is 0. The molecular weight excluding hydrogens is 336 g/mol. The fourth-order valence-corrected chi connectivity index (χ4v) is 2.41. The SMILES string of the molecule is CC(C(O)(O)O)(C(O)(O)O)C(C(O)(O)O)(C(O)(O)O)C(O)(O)O. The lowest BCUT2D eigenvalue weighted by Crippen LogP contribution is -2.86. The van der Waals surface area contributed by atoms with Crippen molar-refractivity contribution < 1.29 is 76.6 Å². The average molecular weight is 354 g/mol. The molecule has 0 unspecified atom stereocenters. The summed E-state index contributed by atoms with van der Waals surface area (Å²) in [7, 11) is 0. The van der Waals surface area contributed by atoms with E-state index in [4.69, 9.17) is 76.6 Å². The van der Waals surface area contributed by atoms with Gasteiger partial charge in [-0.1, -0.05) is 0 Å². The van der Waals surface area contributed by atoms with Gasteiger partial charge in [-0.15, -0.1) is 0 Å². The Hall–Kier alpha value is -0.600. The zero-order chi connectivity index (χ0) is 19.5. The van der Waals surface area contributed by atoms with Crippen LogP contribution in [0.1, 0.15) is 6.92 Å². The second kappa shape index (κ2) is 5.20. The highest BCUT2D eigenvalue weighted by Crippen LogP contribution is 2.62. The second-order valence-corrected chi connectivity index (χ2v) is 5.05. The zero-order valence-electron chi connectivity index (χ0n) is 11.2. The number of aliphatic hydroxyl groups is 15. The van der Waals surface area contributed by atoms with Crippen LogP contribution in [0.15, 0.2) is 0 Å². The van der Waals surface area contributed by atoms with Crippen LogP contribution < -0.4 is 0 Å². The maximum atomic E-state index is 9.15. The third-order valence-electron chi connectivity index (χ3n) is 3.60. The maximum absolute atomic E-state index is 9.15. The first-order valence-electron chi connectivity index (χ1n) is 5.35. The van der Waals surface area contributed by atoms with E-state index in [1.807, 2.05) is 0 Å². The molecule has 0 saturated carbocycles. The molecule has 0 aromatic heterocycles.